The number of nitrogens with two attached hydrogens (primary N) is 3. The molecule has 13 nitrogen and oxygen atoms in total. The first-order valence-corrected chi connectivity index (χ1v) is 13.1. The molecule has 11 N–H and O–H groups in total. The summed E-state index contributed by atoms with van der Waals surface area (Å²) in [7, 11) is 0. The minimum absolute atomic E-state index is 0.119. The van der Waals surface area contributed by atoms with Gasteiger partial charge in [0.05, 0.1) is 12.1 Å². The lowest BCUT2D eigenvalue weighted by Crippen LogP contribution is -2.58. The molecule has 0 radical (unpaired) electrons. The van der Waals surface area contributed by atoms with Crippen molar-refractivity contribution in [3.63, 3.8) is 0 Å². The summed E-state index contributed by atoms with van der Waals surface area (Å²) in [4.78, 5) is 53.4. The number of guanidine groups is 1. The molecule has 3 amide bonds. The van der Waals surface area contributed by atoms with E-state index in [1.54, 1.807) is 13.8 Å². The van der Waals surface area contributed by atoms with E-state index in [-0.39, 0.29) is 17.7 Å². The van der Waals surface area contributed by atoms with Gasteiger partial charge in [-0.1, -0.05) is 13.8 Å². The summed E-state index contributed by atoms with van der Waals surface area (Å²) in [5, 5.41) is 25.0. The summed E-state index contributed by atoms with van der Waals surface area (Å²) in [6, 6.07) is -3.61. The van der Waals surface area contributed by atoms with Crippen LogP contribution >= 0.6 is 0 Å². The van der Waals surface area contributed by atoms with Crippen molar-refractivity contribution in [3.8, 4) is 0 Å². The number of likely N-dealkylation sites (tertiary alicyclic amines) is 1. The number of carbonyl (C=O) groups excluding carboxylic acids is 4. The molecule has 0 aromatic heterocycles. The number of amides is 3. The van der Waals surface area contributed by atoms with Crippen molar-refractivity contribution < 1.29 is 24.3 Å². The number of Topliss-reactive ketones (excluding diaryl/α,β-unsaturated/α-hetero) is 1. The average molecular weight is 527 g/mol. The first kappa shape index (κ1) is 32.3. The Hall–Kier alpha value is -2.77. The molecule has 13 heteroatoms. The predicted octanol–water partition coefficient (Wildman–Crippen LogP) is -1.73. The number of hydrogen-bond donors (Lipinski definition) is 8. The summed E-state index contributed by atoms with van der Waals surface area (Å²) in [6.45, 7) is 6.07. The standard InChI is InChI=1S/C24H46N8O5/c1-14(2)20(34)16(9-6-12-29-24(27)28)30-21(35)18-10-7-13-32(18)23(37)17(8-4-5-11-25)31-22(36)19(26)15(3)33/h14-19,33H,4-13,25-26H2,1-3H3,(H,30,35)(H,31,36)(H4,27,28,29). The monoisotopic (exact) mass is 526 g/mol. The first-order valence-electron chi connectivity index (χ1n) is 13.1. The van der Waals surface area contributed by atoms with Gasteiger partial charge in [-0.05, 0) is 58.4 Å². The van der Waals surface area contributed by atoms with Gasteiger partial charge in [-0.25, -0.2) is 0 Å². The second-order valence-corrected chi connectivity index (χ2v) is 9.90. The van der Waals surface area contributed by atoms with Gasteiger partial charge in [0, 0.05) is 19.0 Å². The van der Waals surface area contributed by atoms with Crippen molar-refractivity contribution in [2.45, 2.75) is 96.0 Å². The molecule has 37 heavy (non-hydrogen) atoms. The van der Waals surface area contributed by atoms with E-state index in [2.05, 4.69) is 16.0 Å². The van der Waals surface area contributed by atoms with Crippen LogP contribution in [0.5, 0.6) is 0 Å². The fourth-order valence-electron chi connectivity index (χ4n) is 4.23. The Labute approximate surface area is 219 Å². The van der Waals surface area contributed by atoms with Crippen LogP contribution in [0.3, 0.4) is 0 Å². The van der Waals surface area contributed by atoms with Crippen LogP contribution in [0.1, 0.15) is 65.7 Å². The van der Waals surface area contributed by atoms with Crippen LogP contribution in [-0.4, -0.2) is 89.4 Å². The van der Waals surface area contributed by atoms with Crippen molar-refractivity contribution in [1.29, 1.82) is 5.41 Å². The molecule has 5 unspecified atom stereocenters. The lowest BCUT2D eigenvalue weighted by molar-refractivity contribution is -0.142. The number of nitrogens with zero attached hydrogens (tertiary/aromatic N) is 1. The number of unbranched alkanes of at least 4 members (excludes halogenated alkanes) is 1. The maximum atomic E-state index is 13.5. The van der Waals surface area contributed by atoms with E-state index in [1.165, 1.54) is 11.8 Å². The lowest BCUT2D eigenvalue weighted by atomic mass is 9.97. The molecule has 0 saturated carbocycles. The van der Waals surface area contributed by atoms with Crippen molar-refractivity contribution in [1.82, 2.24) is 20.9 Å². The summed E-state index contributed by atoms with van der Waals surface area (Å²) in [5.74, 6) is -2.06. The highest BCUT2D eigenvalue weighted by Gasteiger charge is 2.39. The Bertz CT molecular complexity index is 791. The Balaban J connectivity index is 2.97. The normalized spacial score (nSPS) is 18.6. The minimum Gasteiger partial charge on any atom is -0.391 e. The van der Waals surface area contributed by atoms with Gasteiger partial charge in [-0.3, -0.25) is 24.6 Å². The zero-order chi connectivity index (χ0) is 28.1. The highest BCUT2D eigenvalue weighted by molar-refractivity contribution is 5.95. The molecule has 0 aromatic carbocycles. The maximum Gasteiger partial charge on any atom is 0.245 e. The Morgan fingerprint density at radius 3 is 2.27 bits per heavy atom. The van der Waals surface area contributed by atoms with Gasteiger partial charge in [0.25, 0.3) is 0 Å². The summed E-state index contributed by atoms with van der Waals surface area (Å²) < 4.78 is 0. The molecular weight excluding hydrogens is 480 g/mol. The number of aliphatic hydroxyl groups excluding tert-OH is 1. The van der Waals surface area contributed by atoms with E-state index in [0.717, 1.165) is 0 Å². The second-order valence-electron chi connectivity index (χ2n) is 9.90. The third-order valence-electron chi connectivity index (χ3n) is 6.44. The van der Waals surface area contributed by atoms with Crippen LogP contribution in [0, 0.1) is 11.3 Å². The van der Waals surface area contributed by atoms with Crippen LogP contribution in [0.15, 0.2) is 0 Å². The number of carbonyl (C=O) groups is 4. The quantitative estimate of drug-likeness (QED) is 0.0648. The maximum absolute atomic E-state index is 13.5. The van der Waals surface area contributed by atoms with Crippen LogP contribution in [0.25, 0.3) is 0 Å². The molecule has 0 aromatic rings. The van der Waals surface area contributed by atoms with Gasteiger partial charge in [0.1, 0.15) is 18.1 Å². The number of aliphatic hydroxyl groups is 1. The molecule has 0 spiro atoms. The van der Waals surface area contributed by atoms with Crippen LogP contribution in [-0.2, 0) is 19.2 Å². The van der Waals surface area contributed by atoms with Gasteiger partial charge >= 0.3 is 0 Å². The fourth-order valence-corrected chi connectivity index (χ4v) is 4.23. The zero-order valence-electron chi connectivity index (χ0n) is 22.3. The number of hydrogen-bond acceptors (Lipinski definition) is 8. The average Bonchev–Trinajstić information content (AvgIpc) is 3.33. The molecule has 1 fully saturated rings. The highest BCUT2D eigenvalue weighted by Crippen LogP contribution is 2.21. The van der Waals surface area contributed by atoms with Crippen molar-refractivity contribution in [3.05, 3.63) is 0 Å². The largest absolute Gasteiger partial charge is 0.391 e. The molecular formula is C24H46N8O5. The zero-order valence-corrected chi connectivity index (χ0v) is 22.3. The Morgan fingerprint density at radius 1 is 1.05 bits per heavy atom. The predicted molar refractivity (Wildman–Crippen MR) is 140 cm³/mol. The van der Waals surface area contributed by atoms with Gasteiger partial charge in [0.2, 0.25) is 17.7 Å². The van der Waals surface area contributed by atoms with E-state index < -0.39 is 48.0 Å². The molecule has 1 aliphatic heterocycles. The smallest absolute Gasteiger partial charge is 0.245 e. The third kappa shape index (κ3) is 10.6. The van der Waals surface area contributed by atoms with E-state index in [4.69, 9.17) is 22.6 Å². The van der Waals surface area contributed by atoms with E-state index in [0.29, 0.717) is 64.6 Å². The fraction of sp³-hybridized carbons (Fsp3) is 0.792. The third-order valence-corrected chi connectivity index (χ3v) is 6.44. The summed E-state index contributed by atoms with van der Waals surface area (Å²) >= 11 is 0. The number of nitrogens with one attached hydrogen (secondary N) is 4. The SMILES string of the molecule is CC(C)C(=O)C(CCCNC(=N)N)NC(=O)C1CCCN1C(=O)C(CCCCN)NC(=O)C(N)C(C)O. The molecule has 1 heterocycles. The van der Waals surface area contributed by atoms with Crippen molar-refractivity contribution >= 4 is 29.5 Å². The molecule has 1 aliphatic rings. The van der Waals surface area contributed by atoms with Crippen LogP contribution in [0.2, 0.25) is 0 Å². The Kier molecular flexibility index (Phi) is 14.1. The minimum atomic E-state index is -1.19. The molecule has 0 aliphatic carbocycles. The molecule has 5 atom stereocenters. The van der Waals surface area contributed by atoms with E-state index in [1.807, 2.05) is 0 Å². The molecule has 212 valence electrons. The van der Waals surface area contributed by atoms with E-state index >= 15 is 0 Å². The van der Waals surface area contributed by atoms with Crippen molar-refractivity contribution in [2.24, 2.45) is 23.1 Å². The topological polar surface area (TPSA) is 230 Å². The molecule has 1 rings (SSSR count). The van der Waals surface area contributed by atoms with Gasteiger partial charge < -0.3 is 43.2 Å². The van der Waals surface area contributed by atoms with E-state index in [9.17, 15) is 24.3 Å². The summed E-state index contributed by atoms with van der Waals surface area (Å²) in [5.41, 5.74) is 16.6. The van der Waals surface area contributed by atoms with Gasteiger partial charge in [-0.15, -0.1) is 0 Å². The highest BCUT2D eigenvalue weighted by atomic mass is 16.3. The van der Waals surface area contributed by atoms with Gasteiger partial charge in [0.15, 0.2) is 11.7 Å². The number of rotatable bonds is 16. The number of ketones is 1. The van der Waals surface area contributed by atoms with Crippen LogP contribution in [0.4, 0.5) is 0 Å². The summed E-state index contributed by atoms with van der Waals surface area (Å²) in [6.07, 6.45) is 2.37. The first-order chi connectivity index (χ1) is 17.4. The second kappa shape index (κ2) is 16.2. The lowest BCUT2D eigenvalue weighted by Gasteiger charge is -2.30. The Morgan fingerprint density at radius 2 is 1.70 bits per heavy atom. The van der Waals surface area contributed by atoms with Crippen LogP contribution < -0.4 is 33.2 Å². The van der Waals surface area contributed by atoms with Gasteiger partial charge in [-0.2, -0.15) is 0 Å². The molecule has 1 saturated heterocycles. The van der Waals surface area contributed by atoms with Crippen molar-refractivity contribution in [2.75, 3.05) is 19.6 Å². The molecule has 0 bridgehead atoms.